The molecule has 63 heavy (non-hydrogen) atoms. The Morgan fingerprint density at radius 1 is 0.317 bits per heavy atom. The van der Waals surface area contributed by atoms with E-state index in [2.05, 4.69) is 93.7 Å². The van der Waals surface area contributed by atoms with E-state index in [-0.39, 0.29) is 31.6 Å². The summed E-state index contributed by atoms with van der Waals surface area (Å²) in [6.45, 7) is 6.48. The standard InChI is InChI=1S/C57H96O6/c1-4-7-10-13-16-19-22-24-26-27-28-29-31-33-36-39-42-45-48-51-57(60)63-54(52-61-55(58)49-46-43-40-37-34-21-18-15-12-9-6-3)53-62-56(59)50-47-44-41-38-35-32-30-25-23-20-17-14-11-8-5-2/h15-16,18-19,24-26,28-30,33,36,42,45,54H,4-14,17,20-23,27,31-32,34-35,37-41,43-44,46-53H2,1-3H3/b18-15-,19-16-,26-24-,29-28-,30-25-,36-33-,45-42-/t54-/m0/s1. The average Bonchev–Trinajstić information content (AvgIpc) is 3.28. The Bertz CT molecular complexity index is 1240. The molecule has 0 aromatic rings. The first kappa shape index (κ1) is 59.6. The summed E-state index contributed by atoms with van der Waals surface area (Å²) in [6.07, 6.45) is 65.8. The van der Waals surface area contributed by atoms with Crippen LogP contribution in [0.2, 0.25) is 0 Å². The number of rotatable bonds is 46. The number of hydrogen-bond donors (Lipinski definition) is 0. The van der Waals surface area contributed by atoms with Gasteiger partial charge in [-0.2, -0.15) is 0 Å². The predicted molar refractivity (Wildman–Crippen MR) is 270 cm³/mol. The molecule has 0 aromatic heterocycles. The molecule has 0 saturated carbocycles. The van der Waals surface area contributed by atoms with Crippen LogP contribution in [0, 0.1) is 0 Å². The fourth-order valence-electron chi connectivity index (χ4n) is 6.87. The number of unbranched alkanes of at least 4 members (excludes halogenated alkanes) is 21. The zero-order valence-corrected chi connectivity index (χ0v) is 41.1. The molecule has 0 fully saturated rings. The summed E-state index contributed by atoms with van der Waals surface area (Å²) in [5.41, 5.74) is 0. The molecule has 360 valence electrons. The van der Waals surface area contributed by atoms with Crippen molar-refractivity contribution in [3.63, 3.8) is 0 Å². The summed E-state index contributed by atoms with van der Waals surface area (Å²) >= 11 is 0. The van der Waals surface area contributed by atoms with Crippen molar-refractivity contribution in [2.75, 3.05) is 13.2 Å². The van der Waals surface area contributed by atoms with Gasteiger partial charge in [0.2, 0.25) is 0 Å². The molecule has 0 aromatic carbocycles. The molecule has 0 radical (unpaired) electrons. The van der Waals surface area contributed by atoms with E-state index in [0.29, 0.717) is 19.3 Å². The van der Waals surface area contributed by atoms with E-state index in [1.54, 1.807) is 0 Å². The van der Waals surface area contributed by atoms with Crippen LogP contribution in [-0.2, 0) is 28.6 Å². The van der Waals surface area contributed by atoms with Crippen LogP contribution in [0.25, 0.3) is 0 Å². The fraction of sp³-hybridized carbons (Fsp3) is 0.702. The SMILES string of the molecule is CCCC/C=C\CCCCCCCC(=O)OC[C@@H](COC(=O)CCCCCCC/C=C\CCCCCCCC)OC(=O)CC/C=C\C/C=C\C/C=C\C/C=C\C/C=C\CCCCC. The van der Waals surface area contributed by atoms with E-state index in [4.69, 9.17) is 14.2 Å². The van der Waals surface area contributed by atoms with Crippen molar-refractivity contribution in [1.29, 1.82) is 0 Å². The van der Waals surface area contributed by atoms with Gasteiger partial charge in [-0.1, -0.05) is 202 Å². The van der Waals surface area contributed by atoms with Gasteiger partial charge >= 0.3 is 17.9 Å². The molecule has 0 heterocycles. The Morgan fingerprint density at radius 2 is 0.619 bits per heavy atom. The molecule has 0 aliphatic heterocycles. The first-order valence-corrected chi connectivity index (χ1v) is 26.1. The predicted octanol–water partition coefficient (Wildman–Crippen LogP) is 17.2. The Labute approximate surface area is 388 Å². The summed E-state index contributed by atoms with van der Waals surface area (Å²) in [7, 11) is 0. The monoisotopic (exact) mass is 877 g/mol. The maximum absolute atomic E-state index is 12.8. The second-order valence-corrected chi connectivity index (χ2v) is 17.1. The van der Waals surface area contributed by atoms with Crippen LogP contribution in [-0.4, -0.2) is 37.2 Å². The molecule has 1 atom stereocenters. The molecule has 0 N–H and O–H groups in total. The Kier molecular flexibility index (Phi) is 48.5. The number of ether oxygens (including phenoxy) is 3. The topological polar surface area (TPSA) is 78.9 Å². The number of allylic oxidation sites excluding steroid dienone is 14. The van der Waals surface area contributed by atoms with Crippen molar-refractivity contribution in [1.82, 2.24) is 0 Å². The lowest BCUT2D eigenvalue weighted by Crippen LogP contribution is -2.30. The van der Waals surface area contributed by atoms with Gasteiger partial charge in [-0.3, -0.25) is 14.4 Å². The summed E-state index contributed by atoms with van der Waals surface area (Å²) in [4.78, 5) is 37.9. The fourth-order valence-corrected chi connectivity index (χ4v) is 6.87. The molecule has 6 heteroatoms. The molecule has 0 aliphatic carbocycles. The summed E-state index contributed by atoms with van der Waals surface area (Å²) in [6, 6.07) is 0. The van der Waals surface area contributed by atoms with Crippen molar-refractivity contribution < 1.29 is 28.6 Å². The minimum Gasteiger partial charge on any atom is -0.462 e. The van der Waals surface area contributed by atoms with Gasteiger partial charge in [-0.15, -0.1) is 0 Å². The van der Waals surface area contributed by atoms with Crippen LogP contribution in [0.1, 0.15) is 239 Å². The van der Waals surface area contributed by atoms with Gasteiger partial charge < -0.3 is 14.2 Å². The number of hydrogen-bond acceptors (Lipinski definition) is 6. The van der Waals surface area contributed by atoms with Gasteiger partial charge in [-0.25, -0.2) is 0 Å². The second kappa shape index (κ2) is 51.2. The third-order valence-electron chi connectivity index (χ3n) is 10.9. The van der Waals surface area contributed by atoms with E-state index in [1.807, 2.05) is 12.2 Å². The molecular weight excluding hydrogens is 781 g/mol. The number of carbonyl (C=O) groups excluding carboxylic acids is 3. The molecule has 0 spiro atoms. The minimum absolute atomic E-state index is 0.113. The summed E-state index contributed by atoms with van der Waals surface area (Å²) in [5.74, 6) is -1.02. The van der Waals surface area contributed by atoms with Crippen LogP contribution in [0.15, 0.2) is 85.1 Å². The lowest BCUT2D eigenvalue weighted by atomic mass is 10.1. The van der Waals surface area contributed by atoms with Crippen LogP contribution in [0.4, 0.5) is 0 Å². The smallest absolute Gasteiger partial charge is 0.306 e. The van der Waals surface area contributed by atoms with Gasteiger partial charge in [0.25, 0.3) is 0 Å². The van der Waals surface area contributed by atoms with Crippen molar-refractivity contribution >= 4 is 17.9 Å². The highest BCUT2D eigenvalue weighted by atomic mass is 16.6. The first-order valence-electron chi connectivity index (χ1n) is 26.1. The Hall–Kier alpha value is -3.41. The Morgan fingerprint density at radius 3 is 1.05 bits per heavy atom. The van der Waals surface area contributed by atoms with Gasteiger partial charge in [0.15, 0.2) is 6.10 Å². The lowest BCUT2D eigenvalue weighted by Gasteiger charge is -2.18. The van der Waals surface area contributed by atoms with E-state index in [0.717, 1.165) is 89.9 Å². The Balaban J connectivity index is 4.51. The highest BCUT2D eigenvalue weighted by molar-refractivity contribution is 5.71. The van der Waals surface area contributed by atoms with Crippen molar-refractivity contribution in [3.05, 3.63) is 85.1 Å². The molecule has 0 rings (SSSR count). The number of esters is 3. The van der Waals surface area contributed by atoms with E-state index >= 15 is 0 Å². The molecule has 0 unspecified atom stereocenters. The van der Waals surface area contributed by atoms with E-state index < -0.39 is 12.1 Å². The third-order valence-corrected chi connectivity index (χ3v) is 10.9. The van der Waals surface area contributed by atoms with Gasteiger partial charge in [0.1, 0.15) is 13.2 Å². The van der Waals surface area contributed by atoms with Gasteiger partial charge in [-0.05, 0) is 103 Å². The number of carbonyl (C=O) groups is 3. The highest BCUT2D eigenvalue weighted by Crippen LogP contribution is 2.13. The third kappa shape index (κ3) is 49.5. The van der Waals surface area contributed by atoms with Crippen molar-refractivity contribution in [2.24, 2.45) is 0 Å². The maximum Gasteiger partial charge on any atom is 0.306 e. The van der Waals surface area contributed by atoms with E-state index in [9.17, 15) is 14.4 Å². The maximum atomic E-state index is 12.8. The van der Waals surface area contributed by atoms with Crippen LogP contribution in [0.5, 0.6) is 0 Å². The minimum atomic E-state index is -0.822. The molecule has 6 nitrogen and oxygen atoms in total. The summed E-state index contributed by atoms with van der Waals surface area (Å²) < 4.78 is 16.7. The van der Waals surface area contributed by atoms with Gasteiger partial charge in [0, 0.05) is 19.3 Å². The van der Waals surface area contributed by atoms with Crippen LogP contribution < -0.4 is 0 Å². The van der Waals surface area contributed by atoms with Crippen LogP contribution in [0.3, 0.4) is 0 Å². The first-order chi connectivity index (χ1) is 31.0. The van der Waals surface area contributed by atoms with E-state index in [1.165, 1.54) is 103 Å². The van der Waals surface area contributed by atoms with Crippen molar-refractivity contribution in [2.45, 2.75) is 245 Å². The highest BCUT2D eigenvalue weighted by Gasteiger charge is 2.19. The lowest BCUT2D eigenvalue weighted by molar-refractivity contribution is -0.166. The second-order valence-electron chi connectivity index (χ2n) is 17.1. The molecule has 0 aliphatic rings. The van der Waals surface area contributed by atoms with Crippen molar-refractivity contribution in [3.8, 4) is 0 Å². The zero-order chi connectivity index (χ0) is 45.8. The average molecular weight is 877 g/mol. The molecule has 0 amide bonds. The molecule has 0 bridgehead atoms. The summed E-state index contributed by atoms with van der Waals surface area (Å²) in [5, 5.41) is 0. The molecule has 0 saturated heterocycles. The largest absolute Gasteiger partial charge is 0.462 e. The molecular formula is C57H96O6. The normalized spacial score (nSPS) is 12.7. The van der Waals surface area contributed by atoms with Gasteiger partial charge in [0.05, 0.1) is 0 Å². The van der Waals surface area contributed by atoms with Crippen LogP contribution >= 0.6 is 0 Å². The zero-order valence-electron chi connectivity index (χ0n) is 41.1. The quantitative estimate of drug-likeness (QED) is 0.0262.